The van der Waals surface area contributed by atoms with Gasteiger partial charge in [-0.15, -0.1) is 0 Å². The molecule has 2 aromatic rings. The SMILES string of the molecule is CCn1c(C(N)=O)nc2c(N[C@H]3CCN(C(=O)OC(C)(C)C)C3)ncnc21. The largest absolute Gasteiger partial charge is 0.444 e. The number of aryl methyl sites for hydroxylation is 1. The molecule has 0 unspecified atom stereocenters. The number of carbonyl (C=O) groups excluding carboxylic acids is 2. The number of anilines is 1. The molecule has 1 fully saturated rings. The standard InChI is InChI=1S/C17H25N7O3/c1-5-24-14-11(22-15(24)12(18)25)13(19-9-20-14)21-10-6-7-23(8-10)16(26)27-17(2,3)4/h9-10H,5-8H2,1-4H3,(H2,18,25)(H,19,20,21)/t10-/m0/s1. The number of likely N-dealkylation sites (tertiary alicyclic amines) is 1. The Morgan fingerprint density at radius 3 is 2.74 bits per heavy atom. The summed E-state index contributed by atoms with van der Waals surface area (Å²) in [5, 5.41) is 3.31. The van der Waals surface area contributed by atoms with Gasteiger partial charge in [0.15, 0.2) is 17.0 Å². The van der Waals surface area contributed by atoms with E-state index in [2.05, 4.69) is 20.3 Å². The number of hydrogen-bond donors (Lipinski definition) is 2. The summed E-state index contributed by atoms with van der Waals surface area (Å²) in [5.74, 6) is 0.0568. The Kier molecular flexibility index (Phi) is 4.90. The van der Waals surface area contributed by atoms with Crippen LogP contribution in [0.15, 0.2) is 6.33 Å². The molecule has 10 heteroatoms. The number of rotatable bonds is 4. The third kappa shape index (κ3) is 3.93. The van der Waals surface area contributed by atoms with Gasteiger partial charge in [0.2, 0.25) is 5.82 Å². The topological polar surface area (TPSA) is 128 Å². The number of fused-ring (bicyclic) bond motifs is 1. The van der Waals surface area contributed by atoms with E-state index in [0.717, 1.165) is 6.42 Å². The Bertz CT molecular complexity index is 871. The Morgan fingerprint density at radius 2 is 2.11 bits per heavy atom. The summed E-state index contributed by atoms with van der Waals surface area (Å²) >= 11 is 0. The molecule has 3 rings (SSSR count). The molecule has 1 aliphatic heterocycles. The lowest BCUT2D eigenvalue weighted by molar-refractivity contribution is 0.0293. The van der Waals surface area contributed by atoms with Gasteiger partial charge >= 0.3 is 6.09 Å². The highest BCUT2D eigenvalue weighted by molar-refractivity contribution is 5.95. The van der Waals surface area contributed by atoms with Crippen molar-refractivity contribution < 1.29 is 14.3 Å². The minimum absolute atomic E-state index is 0.000534. The molecule has 1 saturated heterocycles. The highest BCUT2D eigenvalue weighted by Gasteiger charge is 2.30. The van der Waals surface area contributed by atoms with Crippen LogP contribution in [-0.2, 0) is 11.3 Å². The molecule has 0 saturated carbocycles. The third-order valence-corrected chi connectivity index (χ3v) is 4.25. The first kappa shape index (κ1) is 18.9. The van der Waals surface area contributed by atoms with Gasteiger partial charge in [-0.05, 0) is 34.1 Å². The number of amides is 2. The lowest BCUT2D eigenvalue weighted by atomic mass is 10.2. The Morgan fingerprint density at radius 1 is 1.37 bits per heavy atom. The van der Waals surface area contributed by atoms with Crippen LogP contribution in [0.25, 0.3) is 11.2 Å². The zero-order valence-corrected chi connectivity index (χ0v) is 16.0. The van der Waals surface area contributed by atoms with Gasteiger partial charge in [0, 0.05) is 25.7 Å². The molecule has 1 aliphatic rings. The number of carbonyl (C=O) groups is 2. The average molecular weight is 375 g/mol. The second kappa shape index (κ2) is 7.01. The molecule has 0 aliphatic carbocycles. The van der Waals surface area contributed by atoms with Crippen molar-refractivity contribution >= 4 is 29.0 Å². The van der Waals surface area contributed by atoms with E-state index in [1.54, 1.807) is 9.47 Å². The minimum atomic E-state index is -0.613. The first-order valence-corrected chi connectivity index (χ1v) is 8.95. The average Bonchev–Trinajstić information content (AvgIpc) is 3.18. The number of imidazole rings is 1. The Balaban J connectivity index is 1.78. The van der Waals surface area contributed by atoms with Crippen LogP contribution in [0.1, 0.15) is 44.7 Å². The van der Waals surface area contributed by atoms with Crippen LogP contribution in [-0.4, -0.2) is 61.2 Å². The van der Waals surface area contributed by atoms with Gasteiger partial charge in [-0.1, -0.05) is 0 Å². The number of nitrogens with one attached hydrogen (secondary N) is 1. The predicted octanol–water partition coefficient (Wildman–Crippen LogP) is 1.37. The van der Waals surface area contributed by atoms with Crippen molar-refractivity contribution in [2.75, 3.05) is 18.4 Å². The normalized spacial score (nSPS) is 17.3. The van der Waals surface area contributed by atoms with E-state index in [1.165, 1.54) is 6.33 Å². The van der Waals surface area contributed by atoms with E-state index in [1.807, 2.05) is 27.7 Å². The summed E-state index contributed by atoms with van der Waals surface area (Å²) in [6, 6.07) is -0.000534. The monoisotopic (exact) mass is 375 g/mol. The molecule has 27 heavy (non-hydrogen) atoms. The van der Waals surface area contributed by atoms with Crippen molar-refractivity contribution in [2.45, 2.75) is 52.3 Å². The smallest absolute Gasteiger partial charge is 0.410 e. The van der Waals surface area contributed by atoms with Gasteiger partial charge in [-0.3, -0.25) is 4.79 Å². The van der Waals surface area contributed by atoms with Crippen molar-refractivity contribution in [1.29, 1.82) is 0 Å². The number of hydrogen-bond acceptors (Lipinski definition) is 7. The minimum Gasteiger partial charge on any atom is -0.444 e. The second-order valence-electron chi connectivity index (χ2n) is 7.49. The Labute approximate surface area is 157 Å². The molecule has 146 valence electrons. The molecule has 2 aromatic heterocycles. The molecule has 0 radical (unpaired) electrons. The summed E-state index contributed by atoms with van der Waals surface area (Å²) in [7, 11) is 0. The summed E-state index contributed by atoms with van der Waals surface area (Å²) in [6.45, 7) is 9.02. The highest BCUT2D eigenvalue weighted by atomic mass is 16.6. The van der Waals surface area contributed by atoms with Crippen LogP contribution in [0.4, 0.5) is 10.6 Å². The fraction of sp³-hybridized carbons (Fsp3) is 0.588. The summed E-state index contributed by atoms with van der Waals surface area (Å²) in [5.41, 5.74) is 5.93. The van der Waals surface area contributed by atoms with E-state index in [4.69, 9.17) is 10.5 Å². The molecule has 10 nitrogen and oxygen atoms in total. The van der Waals surface area contributed by atoms with Gasteiger partial charge in [0.25, 0.3) is 5.91 Å². The van der Waals surface area contributed by atoms with E-state index in [9.17, 15) is 9.59 Å². The number of ether oxygens (including phenoxy) is 1. The van der Waals surface area contributed by atoms with Gasteiger partial charge in [-0.25, -0.2) is 19.7 Å². The van der Waals surface area contributed by atoms with Gasteiger partial charge in [-0.2, -0.15) is 0 Å². The molecule has 0 spiro atoms. The predicted molar refractivity (Wildman–Crippen MR) is 99.3 cm³/mol. The number of nitrogens with zero attached hydrogens (tertiary/aromatic N) is 5. The lowest BCUT2D eigenvalue weighted by Crippen LogP contribution is -2.36. The first-order valence-electron chi connectivity index (χ1n) is 8.95. The molecule has 2 amide bonds. The molecule has 0 aromatic carbocycles. The molecule has 0 bridgehead atoms. The van der Waals surface area contributed by atoms with Crippen LogP contribution in [0.3, 0.4) is 0 Å². The van der Waals surface area contributed by atoms with E-state index < -0.39 is 11.5 Å². The fourth-order valence-corrected chi connectivity index (χ4v) is 3.09. The summed E-state index contributed by atoms with van der Waals surface area (Å²) in [4.78, 5) is 38.4. The molecule has 3 N–H and O–H groups in total. The van der Waals surface area contributed by atoms with Crippen LogP contribution >= 0.6 is 0 Å². The van der Waals surface area contributed by atoms with Gasteiger partial charge in [0.1, 0.15) is 11.9 Å². The lowest BCUT2D eigenvalue weighted by Gasteiger charge is -2.24. The third-order valence-electron chi connectivity index (χ3n) is 4.25. The summed E-state index contributed by atoms with van der Waals surface area (Å²) < 4.78 is 7.08. The van der Waals surface area contributed by atoms with Crippen molar-refractivity contribution in [1.82, 2.24) is 24.4 Å². The summed E-state index contributed by atoms with van der Waals surface area (Å²) in [6.07, 6.45) is 1.84. The van der Waals surface area contributed by atoms with Gasteiger partial charge < -0.3 is 25.3 Å². The maximum absolute atomic E-state index is 12.2. The van der Waals surface area contributed by atoms with Crippen molar-refractivity contribution in [3.63, 3.8) is 0 Å². The fourth-order valence-electron chi connectivity index (χ4n) is 3.09. The quantitative estimate of drug-likeness (QED) is 0.825. The molecule has 3 heterocycles. The van der Waals surface area contributed by atoms with Crippen LogP contribution in [0.5, 0.6) is 0 Å². The van der Waals surface area contributed by atoms with Crippen LogP contribution in [0, 0.1) is 0 Å². The van der Waals surface area contributed by atoms with E-state index in [-0.39, 0.29) is 18.0 Å². The molecular formula is C17H25N7O3. The second-order valence-corrected chi connectivity index (χ2v) is 7.49. The van der Waals surface area contributed by atoms with Crippen LogP contribution in [0.2, 0.25) is 0 Å². The van der Waals surface area contributed by atoms with Gasteiger partial charge in [0.05, 0.1) is 0 Å². The maximum atomic E-state index is 12.2. The van der Waals surface area contributed by atoms with Crippen LogP contribution < -0.4 is 11.1 Å². The van der Waals surface area contributed by atoms with Crippen molar-refractivity contribution in [2.24, 2.45) is 5.73 Å². The maximum Gasteiger partial charge on any atom is 0.410 e. The molecular weight excluding hydrogens is 350 g/mol. The van der Waals surface area contributed by atoms with E-state index >= 15 is 0 Å². The number of primary amides is 1. The Hall–Kier alpha value is -2.91. The zero-order chi connectivity index (χ0) is 19.8. The zero-order valence-electron chi connectivity index (χ0n) is 16.0. The number of nitrogens with two attached hydrogens (primary N) is 1. The number of aromatic nitrogens is 4. The highest BCUT2D eigenvalue weighted by Crippen LogP contribution is 2.23. The van der Waals surface area contributed by atoms with Crippen molar-refractivity contribution in [3.8, 4) is 0 Å². The molecule has 1 atom stereocenters. The van der Waals surface area contributed by atoms with Crippen molar-refractivity contribution in [3.05, 3.63) is 12.2 Å². The first-order chi connectivity index (χ1) is 12.7. The van der Waals surface area contributed by atoms with E-state index in [0.29, 0.717) is 36.6 Å².